The molecule has 0 spiro atoms. The summed E-state index contributed by atoms with van der Waals surface area (Å²) in [7, 11) is 0. The smallest absolute Gasteiger partial charge is 0.0596 e. The molecule has 0 aromatic carbocycles. The fourth-order valence-electron chi connectivity index (χ4n) is 2.18. The molecule has 2 rings (SSSR count). The second-order valence-corrected chi connectivity index (χ2v) is 4.63. The highest BCUT2D eigenvalue weighted by molar-refractivity contribution is 5.21. The molecule has 4 heteroatoms. The van der Waals surface area contributed by atoms with Crippen LogP contribution in [0.2, 0.25) is 0 Å². The van der Waals surface area contributed by atoms with E-state index in [2.05, 4.69) is 23.1 Å². The summed E-state index contributed by atoms with van der Waals surface area (Å²) in [5.41, 5.74) is 10.6. The molecule has 0 aliphatic rings. The molecule has 0 radical (unpaired) electrons. The van der Waals surface area contributed by atoms with Crippen LogP contribution in [0.1, 0.15) is 35.6 Å². The summed E-state index contributed by atoms with van der Waals surface area (Å²) in [5.74, 6) is 0. The predicted octanol–water partition coefficient (Wildman–Crippen LogP) is 2.16. The molecular weight excluding hydrogens is 224 g/mol. The van der Waals surface area contributed by atoms with E-state index < -0.39 is 0 Å². The van der Waals surface area contributed by atoms with E-state index in [9.17, 15) is 0 Å². The van der Waals surface area contributed by atoms with E-state index in [1.807, 2.05) is 36.9 Å². The molecule has 1 unspecified atom stereocenters. The first kappa shape index (κ1) is 12.8. The summed E-state index contributed by atoms with van der Waals surface area (Å²) in [4.78, 5) is 4.19. The van der Waals surface area contributed by atoms with Gasteiger partial charge in [-0.3, -0.25) is 9.67 Å². The Morgan fingerprint density at radius 1 is 1.28 bits per heavy atom. The molecule has 0 saturated carbocycles. The second kappa shape index (κ2) is 5.31. The van der Waals surface area contributed by atoms with Crippen LogP contribution in [-0.4, -0.2) is 14.8 Å². The quantitative estimate of drug-likeness (QED) is 0.896. The van der Waals surface area contributed by atoms with E-state index in [1.54, 1.807) is 0 Å². The van der Waals surface area contributed by atoms with Gasteiger partial charge in [-0.25, -0.2) is 0 Å². The van der Waals surface area contributed by atoms with Crippen molar-refractivity contribution in [3.63, 3.8) is 0 Å². The third kappa shape index (κ3) is 2.76. The van der Waals surface area contributed by atoms with Gasteiger partial charge in [0, 0.05) is 36.6 Å². The van der Waals surface area contributed by atoms with Crippen molar-refractivity contribution in [3.05, 3.63) is 47.0 Å². The van der Waals surface area contributed by atoms with Gasteiger partial charge < -0.3 is 5.73 Å². The zero-order valence-corrected chi connectivity index (χ0v) is 11.2. The minimum atomic E-state index is -0.00639. The molecular formula is C14H20N4. The van der Waals surface area contributed by atoms with Crippen molar-refractivity contribution in [3.8, 4) is 0 Å². The lowest BCUT2D eigenvalue weighted by Gasteiger charge is -2.13. The largest absolute Gasteiger partial charge is 0.324 e. The Labute approximate surface area is 108 Å². The van der Waals surface area contributed by atoms with Gasteiger partial charge in [-0.2, -0.15) is 5.10 Å². The Hall–Kier alpha value is -1.68. The number of nitrogens with zero attached hydrogens (tertiary/aromatic N) is 3. The molecule has 0 saturated heterocycles. The zero-order chi connectivity index (χ0) is 13.1. The number of nitrogens with two attached hydrogens (primary N) is 1. The normalized spacial score (nSPS) is 12.7. The lowest BCUT2D eigenvalue weighted by Crippen LogP contribution is -2.16. The SMILES string of the molecule is CCn1nc(C)cc1CC(N)c1ccnc(C)c1. The van der Waals surface area contributed by atoms with Crippen molar-refractivity contribution < 1.29 is 0 Å². The summed E-state index contributed by atoms with van der Waals surface area (Å²) in [6.45, 7) is 6.97. The lowest BCUT2D eigenvalue weighted by atomic mass is 10.0. The summed E-state index contributed by atoms with van der Waals surface area (Å²) in [5, 5.41) is 4.44. The van der Waals surface area contributed by atoms with E-state index in [-0.39, 0.29) is 6.04 Å². The Balaban J connectivity index is 2.18. The van der Waals surface area contributed by atoms with Crippen LogP contribution in [0, 0.1) is 13.8 Å². The van der Waals surface area contributed by atoms with Gasteiger partial charge in [-0.05, 0) is 44.5 Å². The van der Waals surface area contributed by atoms with Crippen LogP contribution < -0.4 is 5.73 Å². The average Bonchev–Trinajstić information content (AvgIpc) is 2.69. The molecule has 0 bridgehead atoms. The molecule has 0 amide bonds. The van der Waals surface area contributed by atoms with Crippen molar-refractivity contribution in [2.45, 2.75) is 39.8 Å². The van der Waals surface area contributed by atoms with Crippen molar-refractivity contribution in [1.82, 2.24) is 14.8 Å². The highest BCUT2D eigenvalue weighted by Crippen LogP contribution is 2.17. The van der Waals surface area contributed by atoms with Crippen LogP contribution in [0.4, 0.5) is 0 Å². The maximum absolute atomic E-state index is 6.26. The molecule has 18 heavy (non-hydrogen) atoms. The van der Waals surface area contributed by atoms with Crippen molar-refractivity contribution in [2.24, 2.45) is 5.73 Å². The molecule has 4 nitrogen and oxygen atoms in total. The fourth-order valence-corrected chi connectivity index (χ4v) is 2.18. The first-order valence-corrected chi connectivity index (χ1v) is 6.31. The zero-order valence-electron chi connectivity index (χ0n) is 11.2. The molecule has 2 aromatic heterocycles. The Morgan fingerprint density at radius 2 is 2.06 bits per heavy atom. The molecule has 0 fully saturated rings. The van der Waals surface area contributed by atoms with Gasteiger partial charge >= 0.3 is 0 Å². The maximum atomic E-state index is 6.26. The highest BCUT2D eigenvalue weighted by atomic mass is 15.3. The van der Waals surface area contributed by atoms with E-state index in [4.69, 9.17) is 5.73 Å². The average molecular weight is 244 g/mol. The van der Waals surface area contributed by atoms with Crippen LogP contribution in [0.15, 0.2) is 24.4 Å². The van der Waals surface area contributed by atoms with Crippen LogP contribution >= 0.6 is 0 Å². The van der Waals surface area contributed by atoms with Gasteiger partial charge in [0.05, 0.1) is 5.69 Å². The summed E-state index contributed by atoms with van der Waals surface area (Å²) in [6.07, 6.45) is 2.62. The number of hydrogen-bond donors (Lipinski definition) is 1. The monoisotopic (exact) mass is 244 g/mol. The minimum absolute atomic E-state index is 0.00639. The summed E-state index contributed by atoms with van der Waals surface area (Å²) >= 11 is 0. The van der Waals surface area contributed by atoms with E-state index in [0.29, 0.717) is 0 Å². The van der Waals surface area contributed by atoms with Gasteiger partial charge in [0.2, 0.25) is 0 Å². The van der Waals surface area contributed by atoms with E-state index >= 15 is 0 Å². The van der Waals surface area contributed by atoms with Gasteiger partial charge in [0.15, 0.2) is 0 Å². The third-order valence-electron chi connectivity index (χ3n) is 3.06. The van der Waals surface area contributed by atoms with Crippen molar-refractivity contribution in [2.75, 3.05) is 0 Å². The summed E-state index contributed by atoms with van der Waals surface area (Å²) < 4.78 is 2.02. The number of pyridine rings is 1. The highest BCUT2D eigenvalue weighted by Gasteiger charge is 2.11. The van der Waals surface area contributed by atoms with Crippen molar-refractivity contribution in [1.29, 1.82) is 0 Å². The summed E-state index contributed by atoms with van der Waals surface area (Å²) in [6, 6.07) is 6.13. The molecule has 2 N–H and O–H groups in total. The van der Waals surface area contributed by atoms with E-state index in [1.165, 1.54) is 5.69 Å². The Morgan fingerprint density at radius 3 is 2.72 bits per heavy atom. The van der Waals surface area contributed by atoms with Crippen LogP contribution in [-0.2, 0) is 13.0 Å². The molecule has 2 aromatic rings. The van der Waals surface area contributed by atoms with Crippen molar-refractivity contribution >= 4 is 0 Å². The number of rotatable bonds is 4. The van der Waals surface area contributed by atoms with E-state index in [0.717, 1.165) is 29.9 Å². The molecule has 0 aliphatic heterocycles. The second-order valence-electron chi connectivity index (χ2n) is 4.63. The molecule has 96 valence electrons. The first-order chi connectivity index (χ1) is 8.60. The standard InChI is InChI=1S/C14H20N4/c1-4-18-13(8-11(3)17-18)9-14(15)12-5-6-16-10(2)7-12/h5-8,14H,4,9,15H2,1-3H3. The molecule has 2 heterocycles. The Kier molecular flexibility index (Phi) is 3.77. The van der Waals surface area contributed by atoms with Gasteiger partial charge in [-0.15, -0.1) is 0 Å². The van der Waals surface area contributed by atoms with Gasteiger partial charge in [0.25, 0.3) is 0 Å². The number of aromatic nitrogens is 3. The van der Waals surface area contributed by atoms with Crippen LogP contribution in [0.25, 0.3) is 0 Å². The Bertz CT molecular complexity index is 530. The van der Waals surface area contributed by atoms with Crippen LogP contribution in [0.5, 0.6) is 0 Å². The van der Waals surface area contributed by atoms with Gasteiger partial charge in [-0.1, -0.05) is 0 Å². The molecule has 1 atom stereocenters. The van der Waals surface area contributed by atoms with Crippen LogP contribution in [0.3, 0.4) is 0 Å². The maximum Gasteiger partial charge on any atom is 0.0596 e. The fraction of sp³-hybridized carbons (Fsp3) is 0.429. The number of hydrogen-bond acceptors (Lipinski definition) is 3. The first-order valence-electron chi connectivity index (χ1n) is 6.31. The molecule has 0 aliphatic carbocycles. The number of aryl methyl sites for hydroxylation is 3. The topological polar surface area (TPSA) is 56.7 Å². The lowest BCUT2D eigenvalue weighted by molar-refractivity contribution is 0.587. The minimum Gasteiger partial charge on any atom is -0.324 e. The predicted molar refractivity (Wildman–Crippen MR) is 72.2 cm³/mol. The third-order valence-corrected chi connectivity index (χ3v) is 3.06. The van der Waals surface area contributed by atoms with Gasteiger partial charge in [0.1, 0.15) is 0 Å².